The van der Waals surface area contributed by atoms with Crippen molar-refractivity contribution < 1.29 is 14.7 Å². The molecule has 3 rings (SSSR count). The van der Waals surface area contributed by atoms with Gasteiger partial charge in [0.15, 0.2) is 0 Å². The highest BCUT2D eigenvalue weighted by Crippen LogP contribution is 2.28. The third-order valence-electron chi connectivity index (χ3n) is 5.23. The fourth-order valence-electron chi connectivity index (χ4n) is 3.87. The summed E-state index contributed by atoms with van der Waals surface area (Å²) in [6.45, 7) is 6.61. The molecule has 2 aliphatic rings. The van der Waals surface area contributed by atoms with Gasteiger partial charge in [-0.05, 0) is 19.1 Å². The molecule has 0 saturated carbocycles. The summed E-state index contributed by atoms with van der Waals surface area (Å²) in [6.07, 6.45) is 0. The molecule has 1 aromatic carbocycles. The molecule has 2 aliphatic heterocycles. The van der Waals surface area contributed by atoms with Gasteiger partial charge in [0.1, 0.15) is 0 Å². The molecule has 2 atom stereocenters. The van der Waals surface area contributed by atoms with Crippen molar-refractivity contribution in [1.29, 1.82) is 0 Å². The largest absolute Gasteiger partial charge is 0.394 e. The second-order valence-electron chi connectivity index (χ2n) is 7.02. The number of carbonyl (C=O) groups excluding carboxylic acids is 2. The summed E-state index contributed by atoms with van der Waals surface area (Å²) in [7, 11) is 0. The topological polar surface area (TPSA) is 64.1 Å². The Morgan fingerprint density at radius 1 is 1.17 bits per heavy atom. The van der Waals surface area contributed by atoms with Crippen LogP contribution in [-0.2, 0) is 4.79 Å². The van der Waals surface area contributed by atoms with Crippen molar-refractivity contribution in [2.75, 3.05) is 39.3 Å². The molecular formula is C18H25N3O3. The third-order valence-corrected chi connectivity index (χ3v) is 5.23. The monoisotopic (exact) mass is 331 g/mol. The number of piperazine rings is 2. The SMILES string of the molecule is CC(=O)N1CC2CN(C(=O)c3ccccc3)CCN2C(C)(CO)C1. The molecular weight excluding hydrogens is 306 g/mol. The predicted octanol–water partition coefficient (Wildman–Crippen LogP) is 0.426. The van der Waals surface area contributed by atoms with Gasteiger partial charge in [0.2, 0.25) is 5.91 Å². The van der Waals surface area contributed by atoms with Gasteiger partial charge in [-0.15, -0.1) is 0 Å². The third kappa shape index (κ3) is 3.03. The van der Waals surface area contributed by atoms with E-state index in [-0.39, 0.29) is 24.5 Å². The lowest BCUT2D eigenvalue weighted by Gasteiger charge is -2.56. The van der Waals surface area contributed by atoms with Crippen LogP contribution >= 0.6 is 0 Å². The van der Waals surface area contributed by atoms with Crippen LogP contribution in [0.3, 0.4) is 0 Å². The summed E-state index contributed by atoms with van der Waals surface area (Å²) in [5.41, 5.74) is 0.242. The number of aliphatic hydroxyl groups excluding tert-OH is 1. The van der Waals surface area contributed by atoms with Gasteiger partial charge < -0.3 is 14.9 Å². The van der Waals surface area contributed by atoms with E-state index in [1.807, 2.05) is 42.2 Å². The summed E-state index contributed by atoms with van der Waals surface area (Å²) in [6, 6.07) is 9.34. The highest BCUT2D eigenvalue weighted by molar-refractivity contribution is 5.94. The second-order valence-corrected chi connectivity index (χ2v) is 7.02. The van der Waals surface area contributed by atoms with Crippen molar-refractivity contribution in [2.24, 2.45) is 0 Å². The number of nitrogens with zero attached hydrogens (tertiary/aromatic N) is 3. The van der Waals surface area contributed by atoms with Crippen LogP contribution in [-0.4, -0.2) is 82.5 Å². The van der Waals surface area contributed by atoms with Crippen molar-refractivity contribution in [3.63, 3.8) is 0 Å². The molecule has 0 aromatic heterocycles. The average molecular weight is 331 g/mol. The minimum Gasteiger partial charge on any atom is -0.394 e. The summed E-state index contributed by atoms with van der Waals surface area (Å²) in [5.74, 6) is 0.0433. The Labute approximate surface area is 142 Å². The van der Waals surface area contributed by atoms with E-state index in [1.54, 1.807) is 11.8 Å². The van der Waals surface area contributed by atoms with Gasteiger partial charge in [0.05, 0.1) is 12.1 Å². The first-order chi connectivity index (χ1) is 11.4. The fourth-order valence-corrected chi connectivity index (χ4v) is 3.87. The maximum Gasteiger partial charge on any atom is 0.253 e. The standard InChI is InChI=1S/C18H25N3O3/c1-14(23)20-11-16-10-19(17(24)15-6-4-3-5-7-15)8-9-21(16)18(2,12-20)13-22/h3-7,16,22H,8-13H2,1-2H3. The Morgan fingerprint density at radius 3 is 2.46 bits per heavy atom. The quantitative estimate of drug-likeness (QED) is 0.853. The lowest BCUT2D eigenvalue weighted by Crippen LogP contribution is -2.72. The van der Waals surface area contributed by atoms with E-state index in [9.17, 15) is 14.7 Å². The molecule has 2 fully saturated rings. The Hall–Kier alpha value is -1.92. The summed E-state index contributed by atoms with van der Waals surface area (Å²) in [4.78, 5) is 30.5. The van der Waals surface area contributed by atoms with Crippen LogP contribution < -0.4 is 0 Å². The fraction of sp³-hybridized carbons (Fsp3) is 0.556. The summed E-state index contributed by atoms with van der Waals surface area (Å²) >= 11 is 0. The summed E-state index contributed by atoms with van der Waals surface area (Å²) in [5, 5.41) is 9.88. The normalized spacial score (nSPS) is 27.7. The van der Waals surface area contributed by atoms with E-state index in [1.165, 1.54) is 0 Å². The van der Waals surface area contributed by atoms with Crippen molar-refractivity contribution in [3.05, 3.63) is 35.9 Å². The number of carbonyl (C=O) groups is 2. The minimum atomic E-state index is -0.448. The van der Waals surface area contributed by atoms with Crippen molar-refractivity contribution in [2.45, 2.75) is 25.4 Å². The second kappa shape index (κ2) is 6.53. The lowest BCUT2D eigenvalue weighted by molar-refractivity contribution is -0.142. The molecule has 0 bridgehead atoms. The highest BCUT2D eigenvalue weighted by atomic mass is 16.3. The molecule has 6 nitrogen and oxygen atoms in total. The molecule has 2 amide bonds. The van der Waals surface area contributed by atoms with E-state index in [2.05, 4.69) is 4.90 Å². The van der Waals surface area contributed by atoms with Gasteiger partial charge in [0, 0.05) is 51.3 Å². The first-order valence-electron chi connectivity index (χ1n) is 8.42. The molecule has 0 spiro atoms. The zero-order valence-electron chi connectivity index (χ0n) is 14.3. The van der Waals surface area contributed by atoms with Gasteiger partial charge in [-0.3, -0.25) is 14.5 Å². The number of amides is 2. The molecule has 1 aromatic rings. The van der Waals surface area contributed by atoms with Crippen LogP contribution in [0, 0.1) is 0 Å². The van der Waals surface area contributed by atoms with Gasteiger partial charge in [0.25, 0.3) is 5.91 Å². The van der Waals surface area contributed by atoms with Gasteiger partial charge >= 0.3 is 0 Å². The molecule has 2 saturated heterocycles. The lowest BCUT2D eigenvalue weighted by atomic mass is 9.91. The van der Waals surface area contributed by atoms with Crippen LogP contribution in [0.15, 0.2) is 30.3 Å². The van der Waals surface area contributed by atoms with E-state index in [4.69, 9.17) is 0 Å². The predicted molar refractivity (Wildman–Crippen MR) is 90.6 cm³/mol. The smallest absolute Gasteiger partial charge is 0.253 e. The van der Waals surface area contributed by atoms with Crippen LogP contribution in [0.5, 0.6) is 0 Å². The van der Waals surface area contributed by atoms with Gasteiger partial charge in [-0.2, -0.15) is 0 Å². The van der Waals surface area contributed by atoms with E-state index >= 15 is 0 Å². The van der Waals surface area contributed by atoms with Gasteiger partial charge in [-0.25, -0.2) is 0 Å². The maximum absolute atomic E-state index is 12.7. The van der Waals surface area contributed by atoms with Crippen molar-refractivity contribution in [3.8, 4) is 0 Å². The van der Waals surface area contributed by atoms with Crippen molar-refractivity contribution >= 4 is 11.8 Å². The van der Waals surface area contributed by atoms with Crippen LogP contribution in [0.25, 0.3) is 0 Å². The first kappa shape index (κ1) is 16.9. The molecule has 0 radical (unpaired) electrons. The van der Waals surface area contributed by atoms with Gasteiger partial charge in [-0.1, -0.05) is 18.2 Å². The number of benzene rings is 1. The van der Waals surface area contributed by atoms with E-state index < -0.39 is 5.54 Å². The number of aliphatic hydroxyl groups is 1. The molecule has 24 heavy (non-hydrogen) atoms. The van der Waals surface area contributed by atoms with Crippen LogP contribution in [0.1, 0.15) is 24.2 Å². The van der Waals surface area contributed by atoms with Crippen molar-refractivity contribution in [1.82, 2.24) is 14.7 Å². The van der Waals surface area contributed by atoms with Crippen LogP contribution in [0.2, 0.25) is 0 Å². The summed E-state index contributed by atoms with van der Waals surface area (Å²) < 4.78 is 0. The molecule has 0 aliphatic carbocycles. The molecule has 1 N–H and O–H groups in total. The molecule has 6 heteroatoms. The Kier molecular flexibility index (Phi) is 4.60. The Morgan fingerprint density at radius 2 is 1.83 bits per heavy atom. The number of hydrogen-bond acceptors (Lipinski definition) is 4. The molecule has 2 unspecified atom stereocenters. The highest BCUT2D eigenvalue weighted by Gasteiger charge is 2.46. The number of fused-ring (bicyclic) bond motifs is 1. The average Bonchev–Trinajstić information content (AvgIpc) is 2.61. The number of hydrogen-bond donors (Lipinski definition) is 1. The molecule has 130 valence electrons. The zero-order chi connectivity index (χ0) is 17.3. The molecule has 2 heterocycles. The first-order valence-corrected chi connectivity index (χ1v) is 8.42. The Bertz CT molecular complexity index is 621. The maximum atomic E-state index is 12.7. The minimum absolute atomic E-state index is 0.0000876. The number of rotatable bonds is 2. The van der Waals surface area contributed by atoms with Crippen LogP contribution in [0.4, 0.5) is 0 Å². The Balaban J connectivity index is 1.78. The van der Waals surface area contributed by atoms with E-state index in [0.717, 1.165) is 0 Å². The van der Waals surface area contributed by atoms with E-state index in [0.29, 0.717) is 38.3 Å². The zero-order valence-corrected chi connectivity index (χ0v) is 14.3.